The average Bonchev–Trinajstić information content (AvgIpc) is 3.24. The molecule has 1 fully saturated rings. The molecular weight excluding hydrogens is 328 g/mol. The van der Waals surface area contributed by atoms with Crippen molar-refractivity contribution in [2.45, 2.75) is 39.3 Å². The second-order valence-electron chi connectivity index (χ2n) is 7.01. The minimum absolute atomic E-state index is 0.0446. The first-order valence-corrected chi connectivity index (χ1v) is 8.95. The zero-order valence-electron chi connectivity index (χ0n) is 15.0. The molecule has 6 heteroatoms. The number of H-pyrrole nitrogens is 1. The number of nitrogens with zero attached hydrogens (tertiary/aromatic N) is 3. The third-order valence-corrected chi connectivity index (χ3v) is 5.06. The van der Waals surface area contributed by atoms with Crippen LogP contribution >= 0.6 is 0 Å². The van der Waals surface area contributed by atoms with Crippen molar-refractivity contribution in [3.8, 4) is 0 Å². The highest BCUT2D eigenvalue weighted by molar-refractivity contribution is 5.78. The van der Waals surface area contributed by atoms with Gasteiger partial charge in [-0.2, -0.15) is 0 Å². The van der Waals surface area contributed by atoms with Crippen molar-refractivity contribution < 1.29 is 4.79 Å². The van der Waals surface area contributed by atoms with Crippen molar-refractivity contribution in [2.75, 3.05) is 6.54 Å². The largest absolute Gasteiger partial charge is 0.340 e. The summed E-state index contributed by atoms with van der Waals surface area (Å²) in [6.45, 7) is 4.57. The van der Waals surface area contributed by atoms with Gasteiger partial charge in [0.25, 0.3) is 5.56 Å². The van der Waals surface area contributed by atoms with Gasteiger partial charge in [-0.25, -0.2) is 4.98 Å². The Kier molecular flexibility index (Phi) is 4.11. The maximum absolute atomic E-state index is 12.9. The lowest BCUT2D eigenvalue weighted by atomic mass is 10.2. The van der Waals surface area contributed by atoms with E-state index in [1.165, 1.54) is 10.1 Å². The Balaban J connectivity index is 1.60. The summed E-state index contributed by atoms with van der Waals surface area (Å²) in [5.74, 6) is 0.782. The van der Waals surface area contributed by atoms with E-state index in [9.17, 15) is 9.59 Å². The van der Waals surface area contributed by atoms with Crippen LogP contribution < -0.4 is 5.56 Å². The highest BCUT2D eigenvalue weighted by Gasteiger charge is 2.32. The lowest BCUT2D eigenvalue weighted by Gasteiger charge is -2.23. The number of hydrogen-bond acceptors (Lipinski definition) is 3. The second kappa shape index (κ2) is 6.44. The molecule has 0 spiro atoms. The highest BCUT2D eigenvalue weighted by atomic mass is 16.2. The zero-order valence-corrected chi connectivity index (χ0v) is 15.0. The van der Waals surface area contributed by atoms with Crippen molar-refractivity contribution in [1.82, 2.24) is 19.4 Å². The van der Waals surface area contributed by atoms with Gasteiger partial charge in [-0.05, 0) is 50.5 Å². The van der Waals surface area contributed by atoms with E-state index in [-0.39, 0.29) is 24.1 Å². The molecule has 1 unspecified atom stereocenters. The lowest BCUT2D eigenvalue weighted by Crippen LogP contribution is -2.36. The second-order valence-corrected chi connectivity index (χ2v) is 7.01. The van der Waals surface area contributed by atoms with Crippen molar-refractivity contribution in [2.24, 2.45) is 0 Å². The van der Waals surface area contributed by atoms with Gasteiger partial charge in [-0.3, -0.25) is 9.59 Å². The molecule has 0 radical (unpaired) electrons. The van der Waals surface area contributed by atoms with Crippen molar-refractivity contribution in [3.05, 3.63) is 63.8 Å². The summed E-state index contributed by atoms with van der Waals surface area (Å²) >= 11 is 0. The molecule has 3 heterocycles. The zero-order chi connectivity index (χ0) is 18.3. The summed E-state index contributed by atoms with van der Waals surface area (Å²) in [7, 11) is 0. The van der Waals surface area contributed by atoms with Crippen molar-refractivity contribution >= 4 is 16.9 Å². The number of aryl methyl sites for hydroxylation is 2. The third-order valence-electron chi connectivity index (χ3n) is 5.06. The Morgan fingerprint density at radius 3 is 3.00 bits per heavy atom. The van der Waals surface area contributed by atoms with Gasteiger partial charge in [-0.1, -0.05) is 12.1 Å². The smallest absolute Gasteiger partial charge is 0.253 e. The molecule has 3 aromatic rings. The molecule has 6 nitrogen and oxygen atoms in total. The van der Waals surface area contributed by atoms with Crippen LogP contribution in [0.2, 0.25) is 0 Å². The van der Waals surface area contributed by atoms with Gasteiger partial charge in [0.05, 0.1) is 17.1 Å². The molecule has 1 N–H and O–H groups in total. The highest BCUT2D eigenvalue weighted by Crippen LogP contribution is 2.31. The van der Waals surface area contributed by atoms with E-state index in [0.29, 0.717) is 12.1 Å². The fraction of sp³-hybridized carbons (Fsp3) is 0.350. The molecule has 0 aliphatic carbocycles. The molecule has 4 rings (SSSR count). The first-order chi connectivity index (χ1) is 12.5. The Hall–Kier alpha value is -2.89. The molecule has 1 amide bonds. The summed E-state index contributed by atoms with van der Waals surface area (Å²) in [5, 5.41) is 0. The molecule has 0 bridgehead atoms. The average molecular weight is 350 g/mol. The van der Waals surface area contributed by atoms with Crippen LogP contribution in [-0.2, 0) is 11.3 Å². The van der Waals surface area contributed by atoms with E-state index >= 15 is 0 Å². The number of rotatable bonds is 3. The van der Waals surface area contributed by atoms with Gasteiger partial charge < -0.3 is 14.5 Å². The van der Waals surface area contributed by atoms with Crippen LogP contribution in [0.4, 0.5) is 0 Å². The van der Waals surface area contributed by atoms with Gasteiger partial charge in [0.1, 0.15) is 12.4 Å². The van der Waals surface area contributed by atoms with E-state index in [1.54, 1.807) is 25.3 Å². The van der Waals surface area contributed by atoms with Gasteiger partial charge >= 0.3 is 0 Å². The number of fused-ring (bicyclic) bond motifs is 1. The standard InChI is InChI=1S/C20H22N4O2/c1-13-7-8-15-16(11-13)22-19(21-15)17-6-4-10-24(17)18(25)12-23-9-3-5-14(2)20(23)26/h3,5,7-9,11,17H,4,6,10,12H2,1-2H3,(H,21,22). The number of nitrogens with one attached hydrogen (secondary N) is 1. The summed E-state index contributed by atoms with van der Waals surface area (Å²) < 4.78 is 1.48. The lowest BCUT2D eigenvalue weighted by molar-refractivity contribution is -0.133. The number of amides is 1. The number of hydrogen-bond donors (Lipinski definition) is 1. The maximum Gasteiger partial charge on any atom is 0.253 e. The molecule has 1 aliphatic heterocycles. The van der Waals surface area contributed by atoms with Crippen LogP contribution in [0, 0.1) is 13.8 Å². The predicted molar refractivity (Wildman–Crippen MR) is 100.0 cm³/mol. The minimum Gasteiger partial charge on any atom is -0.340 e. The van der Waals surface area contributed by atoms with Crippen LogP contribution in [0.5, 0.6) is 0 Å². The molecule has 26 heavy (non-hydrogen) atoms. The van der Waals surface area contributed by atoms with Gasteiger partial charge in [0.15, 0.2) is 0 Å². The van der Waals surface area contributed by atoms with Crippen LogP contribution in [0.3, 0.4) is 0 Å². The Morgan fingerprint density at radius 2 is 2.15 bits per heavy atom. The van der Waals surface area contributed by atoms with Crippen LogP contribution in [0.25, 0.3) is 11.0 Å². The van der Waals surface area contributed by atoms with Crippen molar-refractivity contribution in [3.63, 3.8) is 0 Å². The number of aromatic amines is 1. The summed E-state index contributed by atoms with van der Waals surface area (Å²) in [6.07, 6.45) is 3.49. The van der Waals surface area contributed by atoms with E-state index in [2.05, 4.69) is 16.0 Å². The van der Waals surface area contributed by atoms with Gasteiger partial charge in [0, 0.05) is 18.3 Å². The molecule has 1 atom stereocenters. The SMILES string of the molecule is Cc1ccc2nc(C3CCCN3C(=O)Cn3cccc(C)c3=O)[nH]c2c1. The topological polar surface area (TPSA) is 71.0 Å². The first kappa shape index (κ1) is 16.6. The molecular formula is C20H22N4O2. The number of carbonyl (C=O) groups is 1. The number of aromatic nitrogens is 3. The summed E-state index contributed by atoms with van der Waals surface area (Å²) in [4.78, 5) is 35.0. The number of imidazole rings is 1. The van der Waals surface area contributed by atoms with Crippen LogP contribution in [0.15, 0.2) is 41.3 Å². The fourth-order valence-corrected chi connectivity index (χ4v) is 3.67. The van der Waals surface area contributed by atoms with E-state index in [1.807, 2.05) is 24.0 Å². The maximum atomic E-state index is 12.9. The third kappa shape index (κ3) is 2.92. The van der Waals surface area contributed by atoms with E-state index in [0.717, 1.165) is 29.7 Å². The van der Waals surface area contributed by atoms with Crippen LogP contribution in [-0.4, -0.2) is 31.9 Å². The van der Waals surface area contributed by atoms with Gasteiger partial charge in [-0.15, -0.1) is 0 Å². The minimum atomic E-state index is -0.115. The molecule has 1 aliphatic rings. The Morgan fingerprint density at radius 1 is 1.31 bits per heavy atom. The molecule has 2 aromatic heterocycles. The van der Waals surface area contributed by atoms with Gasteiger partial charge in [0.2, 0.25) is 5.91 Å². The molecule has 1 aromatic carbocycles. The van der Waals surface area contributed by atoms with E-state index in [4.69, 9.17) is 0 Å². The Bertz CT molecular complexity index is 1030. The first-order valence-electron chi connectivity index (χ1n) is 8.95. The quantitative estimate of drug-likeness (QED) is 0.789. The van der Waals surface area contributed by atoms with E-state index < -0.39 is 0 Å². The molecule has 1 saturated heterocycles. The van der Waals surface area contributed by atoms with Crippen molar-refractivity contribution in [1.29, 1.82) is 0 Å². The molecule has 134 valence electrons. The van der Waals surface area contributed by atoms with Crippen LogP contribution in [0.1, 0.15) is 35.8 Å². The number of pyridine rings is 1. The number of carbonyl (C=O) groups excluding carboxylic acids is 1. The monoisotopic (exact) mass is 350 g/mol. The summed E-state index contributed by atoms with van der Waals surface area (Å²) in [6, 6.07) is 9.60. The summed E-state index contributed by atoms with van der Waals surface area (Å²) in [5.41, 5.74) is 3.61. The Labute approximate surface area is 151 Å². The predicted octanol–water partition coefficient (Wildman–Crippen LogP) is 2.71. The molecule has 0 saturated carbocycles. The number of benzene rings is 1. The fourth-order valence-electron chi connectivity index (χ4n) is 3.67. The normalized spacial score (nSPS) is 17.2. The number of likely N-dealkylation sites (tertiary alicyclic amines) is 1.